The van der Waals surface area contributed by atoms with Gasteiger partial charge in [-0.15, -0.1) is 0 Å². The number of benzene rings is 2. The van der Waals surface area contributed by atoms with Crippen molar-refractivity contribution in [2.24, 2.45) is 5.92 Å². The number of rotatable bonds is 8. The van der Waals surface area contributed by atoms with Crippen LogP contribution in [-0.2, 0) is 22.3 Å². The minimum atomic E-state index is -4.53. The highest BCUT2D eigenvalue weighted by molar-refractivity contribution is 5.95. The van der Waals surface area contributed by atoms with Crippen LogP contribution in [0.3, 0.4) is 0 Å². The van der Waals surface area contributed by atoms with Gasteiger partial charge in [0.2, 0.25) is 0 Å². The topological polar surface area (TPSA) is 73.7 Å². The molecule has 0 saturated heterocycles. The molecule has 0 radical (unpaired) electrons. The Morgan fingerprint density at radius 2 is 1.79 bits per heavy atom. The fraction of sp³-hybridized carbons (Fsp3) is 0.292. The standard InChI is InChI=1S/C24H24F3N3O4/c1-16(23(32)34-3)13-29(14-17-8-5-4-6-9-17)22(31)21-20(33-2)15-30(28-21)19-11-7-10-18(12-19)24(25,26)27/h4-12,15-16H,13-14H2,1-3H3. The lowest BCUT2D eigenvalue weighted by atomic mass is 10.1. The van der Waals surface area contributed by atoms with Crippen molar-refractivity contribution < 1.29 is 32.2 Å². The van der Waals surface area contributed by atoms with Crippen molar-refractivity contribution in [2.75, 3.05) is 20.8 Å². The van der Waals surface area contributed by atoms with E-state index in [-0.39, 0.29) is 30.2 Å². The summed E-state index contributed by atoms with van der Waals surface area (Å²) >= 11 is 0. The molecule has 7 nitrogen and oxygen atoms in total. The lowest BCUT2D eigenvalue weighted by Crippen LogP contribution is -2.37. The van der Waals surface area contributed by atoms with Crippen molar-refractivity contribution in [1.29, 1.82) is 0 Å². The van der Waals surface area contributed by atoms with Gasteiger partial charge < -0.3 is 14.4 Å². The average molecular weight is 475 g/mol. The summed E-state index contributed by atoms with van der Waals surface area (Å²) in [6, 6.07) is 13.7. The van der Waals surface area contributed by atoms with Crippen molar-refractivity contribution in [3.8, 4) is 11.4 Å². The molecule has 180 valence electrons. The molecule has 1 unspecified atom stereocenters. The van der Waals surface area contributed by atoms with Crippen molar-refractivity contribution in [3.05, 3.63) is 77.6 Å². The van der Waals surface area contributed by atoms with Crippen molar-refractivity contribution in [2.45, 2.75) is 19.6 Å². The molecule has 3 rings (SSSR count). The highest BCUT2D eigenvalue weighted by Crippen LogP contribution is 2.31. The Labute approximate surface area is 194 Å². The summed E-state index contributed by atoms with van der Waals surface area (Å²) in [7, 11) is 2.60. The lowest BCUT2D eigenvalue weighted by Gasteiger charge is -2.24. The monoisotopic (exact) mass is 475 g/mol. The quantitative estimate of drug-likeness (QED) is 0.453. The molecule has 10 heteroatoms. The number of halogens is 3. The number of carbonyl (C=O) groups excluding carboxylic acids is 2. The third-order valence-electron chi connectivity index (χ3n) is 5.14. The van der Waals surface area contributed by atoms with Gasteiger partial charge in [0.25, 0.3) is 5.91 Å². The molecule has 34 heavy (non-hydrogen) atoms. The summed E-state index contributed by atoms with van der Waals surface area (Å²) in [6.45, 7) is 1.86. The van der Waals surface area contributed by atoms with E-state index in [9.17, 15) is 22.8 Å². The largest absolute Gasteiger partial charge is 0.493 e. The first kappa shape index (κ1) is 24.8. The minimum absolute atomic E-state index is 0.0416. The summed E-state index contributed by atoms with van der Waals surface area (Å²) in [4.78, 5) is 26.9. The van der Waals surface area contributed by atoms with Crippen LogP contribution in [0.5, 0.6) is 5.75 Å². The van der Waals surface area contributed by atoms with Gasteiger partial charge in [-0.2, -0.15) is 18.3 Å². The van der Waals surface area contributed by atoms with E-state index >= 15 is 0 Å². The van der Waals surface area contributed by atoms with Crippen LogP contribution in [0.15, 0.2) is 60.8 Å². The van der Waals surface area contributed by atoms with Crippen LogP contribution in [0.2, 0.25) is 0 Å². The number of nitrogens with zero attached hydrogens (tertiary/aromatic N) is 3. The van der Waals surface area contributed by atoms with Crippen LogP contribution in [0, 0.1) is 5.92 Å². The summed E-state index contributed by atoms with van der Waals surface area (Å²) in [6.07, 6.45) is -3.18. The predicted octanol–water partition coefficient (Wildman–Crippen LogP) is 4.35. The van der Waals surface area contributed by atoms with Gasteiger partial charge in [-0.25, -0.2) is 4.68 Å². The van der Waals surface area contributed by atoms with E-state index in [1.54, 1.807) is 6.92 Å². The van der Waals surface area contributed by atoms with Gasteiger partial charge >= 0.3 is 12.1 Å². The smallest absolute Gasteiger partial charge is 0.416 e. The second kappa shape index (κ2) is 10.4. The summed E-state index contributed by atoms with van der Waals surface area (Å²) in [5.41, 5.74) is 0.00626. The van der Waals surface area contributed by atoms with Crippen LogP contribution in [0.1, 0.15) is 28.5 Å². The van der Waals surface area contributed by atoms with Crippen molar-refractivity contribution in [3.63, 3.8) is 0 Å². The van der Waals surface area contributed by atoms with Gasteiger partial charge in [0.1, 0.15) is 0 Å². The molecule has 0 saturated carbocycles. The summed E-state index contributed by atoms with van der Waals surface area (Å²) in [5, 5.41) is 4.23. The maximum absolute atomic E-state index is 13.5. The van der Waals surface area contributed by atoms with Crippen LogP contribution >= 0.6 is 0 Å². The maximum atomic E-state index is 13.5. The first-order chi connectivity index (χ1) is 16.1. The molecule has 0 aliphatic rings. The molecule has 1 amide bonds. The zero-order valence-corrected chi connectivity index (χ0v) is 18.9. The highest BCUT2D eigenvalue weighted by atomic mass is 19.4. The van der Waals surface area contributed by atoms with Crippen LogP contribution in [0.4, 0.5) is 13.2 Å². The van der Waals surface area contributed by atoms with Crippen molar-refractivity contribution >= 4 is 11.9 Å². The Morgan fingerprint density at radius 1 is 1.09 bits per heavy atom. The van der Waals surface area contributed by atoms with Crippen LogP contribution in [-0.4, -0.2) is 47.3 Å². The Balaban J connectivity index is 1.97. The maximum Gasteiger partial charge on any atom is 0.416 e. The number of ether oxygens (including phenoxy) is 2. The van der Waals surface area contributed by atoms with Gasteiger partial charge in [-0.3, -0.25) is 9.59 Å². The molecular formula is C24H24F3N3O4. The molecular weight excluding hydrogens is 451 g/mol. The predicted molar refractivity (Wildman–Crippen MR) is 117 cm³/mol. The second-order valence-corrected chi connectivity index (χ2v) is 7.63. The molecule has 0 bridgehead atoms. The molecule has 0 spiro atoms. The highest BCUT2D eigenvalue weighted by Gasteiger charge is 2.31. The van der Waals surface area contributed by atoms with E-state index in [4.69, 9.17) is 9.47 Å². The van der Waals surface area contributed by atoms with Gasteiger partial charge in [0, 0.05) is 13.1 Å². The number of alkyl halides is 3. The molecule has 3 aromatic rings. The molecule has 0 N–H and O–H groups in total. The minimum Gasteiger partial charge on any atom is -0.493 e. The average Bonchev–Trinajstić information content (AvgIpc) is 3.27. The van der Waals surface area contributed by atoms with E-state index in [0.29, 0.717) is 0 Å². The molecule has 0 aliphatic carbocycles. The Bertz CT molecular complexity index is 1150. The third kappa shape index (κ3) is 5.75. The Morgan fingerprint density at radius 3 is 2.41 bits per heavy atom. The zero-order chi connectivity index (χ0) is 24.9. The Kier molecular flexibility index (Phi) is 7.60. The normalized spacial score (nSPS) is 12.2. The van der Waals surface area contributed by atoms with E-state index in [2.05, 4.69) is 5.10 Å². The van der Waals surface area contributed by atoms with E-state index in [0.717, 1.165) is 22.4 Å². The summed E-state index contributed by atoms with van der Waals surface area (Å²) in [5.74, 6) is -1.55. The van der Waals surface area contributed by atoms with Crippen molar-refractivity contribution in [1.82, 2.24) is 14.7 Å². The fourth-order valence-corrected chi connectivity index (χ4v) is 3.39. The van der Waals surface area contributed by atoms with Gasteiger partial charge in [0.05, 0.1) is 37.6 Å². The first-order valence-electron chi connectivity index (χ1n) is 10.4. The molecule has 1 atom stereocenters. The lowest BCUT2D eigenvalue weighted by molar-refractivity contribution is -0.145. The van der Waals surface area contributed by atoms with Gasteiger partial charge in [0.15, 0.2) is 11.4 Å². The Hall–Kier alpha value is -3.82. The zero-order valence-electron chi connectivity index (χ0n) is 18.9. The van der Waals surface area contributed by atoms with Crippen LogP contribution in [0.25, 0.3) is 5.69 Å². The number of aromatic nitrogens is 2. The first-order valence-corrected chi connectivity index (χ1v) is 10.4. The molecule has 1 heterocycles. The van der Waals surface area contributed by atoms with E-state index in [1.807, 2.05) is 30.3 Å². The van der Waals surface area contributed by atoms with Gasteiger partial charge in [-0.05, 0) is 23.8 Å². The second-order valence-electron chi connectivity index (χ2n) is 7.63. The number of esters is 1. The number of methoxy groups -OCH3 is 2. The number of hydrogen-bond donors (Lipinski definition) is 0. The number of amides is 1. The molecule has 0 fully saturated rings. The van der Waals surface area contributed by atoms with Crippen LogP contribution < -0.4 is 4.74 Å². The SMILES string of the molecule is COC(=O)C(C)CN(Cc1ccccc1)C(=O)c1nn(-c2cccc(C(F)(F)F)c2)cc1OC. The summed E-state index contributed by atoms with van der Waals surface area (Å²) < 4.78 is 50.6. The van der Waals surface area contributed by atoms with E-state index in [1.165, 1.54) is 37.4 Å². The molecule has 2 aromatic carbocycles. The molecule has 1 aromatic heterocycles. The third-order valence-corrected chi connectivity index (χ3v) is 5.14. The van der Waals surface area contributed by atoms with Gasteiger partial charge in [-0.1, -0.05) is 43.3 Å². The van der Waals surface area contributed by atoms with E-state index < -0.39 is 29.5 Å². The number of hydrogen-bond acceptors (Lipinski definition) is 5. The number of carbonyl (C=O) groups is 2. The fourth-order valence-electron chi connectivity index (χ4n) is 3.39. The molecule has 0 aliphatic heterocycles.